The summed E-state index contributed by atoms with van der Waals surface area (Å²) < 4.78 is 0. The number of carbonyl (C=O) groups is 1. The fourth-order valence-electron chi connectivity index (χ4n) is 3.20. The molecule has 1 N–H and O–H groups in total. The third-order valence-electron chi connectivity index (χ3n) is 4.30. The van der Waals surface area contributed by atoms with Crippen LogP contribution in [0, 0.1) is 4.91 Å². The molecule has 122 valence electrons. The second-order valence-corrected chi connectivity index (χ2v) is 5.94. The van der Waals surface area contributed by atoms with E-state index in [-0.39, 0.29) is 11.6 Å². The second-order valence-electron chi connectivity index (χ2n) is 5.94. The molecule has 0 amide bonds. The van der Waals surface area contributed by atoms with Crippen molar-refractivity contribution in [2.75, 3.05) is 0 Å². The zero-order valence-corrected chi connectivity index (χ0v) is 13.3. The first kappa shape index (κ1) is 15.2. The van der Waals surface area contributed by atoms with Crippen LogP contribution in [-0.2, 0) is 11.2 Å². The highest BCUT2D eigenvalue weighted by Crippen LogP contribution is 2.33. The number of nitrogens with zero attached hydrogens (tertiary/aromatic N) is 2. The van der Waals surface area contributed by atoms with E-state index in [0.29, 0.717) is 12.1 Å². The maximum absolute atomic E-state index is 12.4. The number of hydrogen-bond donors (Lipinski definition) is 1. The van der Waals surface area contributed by atoms with Crippen LogP contribution in [0.4, 0.5) is 0 Å². The molecule has 0 radical (unpaired) electrons. The topological polar surface area (TPSA) is 70.9 Å². The first-order valence-corrected chi connectivity index (χ1v) is 8.03. The molecule has 2 aromatic rings. The van der Waals surface area contributed by atoms with E-state index in [1.165, 1.54) is 6.08 Å². The molecule has 2 aliphatic heterocycles. The van der Waals surface area contributed by atoms with Gasteiger partial charge in [-0.25, -0.2) is 0 Å². The van der Waals surface area contributed by atoms with Crippen molar-refractivity contribution in [2.24, 2.45) is 10.2 Å². The standard InChI is InChI=1S/C20H15N3O2/c24-16-12-17(23-25)22-20-18(14-9-5-2-6-10-14)15(21-19(16)20)11-13-7-3-1-4-8-13/h1-10,12,19,22H,11H2. The smallest absolute Gasteiger partial charge is 0.189 e. The Hall–Kier alpha value is -3.34. The summed E-state index contributed by atoms with van der Waals surface area (Å²) in [5.74, 6) is -0.194. The van der Waals surface area contributed by atoms with Crippen molar-refractivity contribution in [3.05, 3.63) is 94.3 Å². The van der Waals surface area contributed by atoms with Gasteiger partial charge in [0.1, 0.15) is 0 Å². The Morgan fingerprint density at radius 3 is 2.36 bits per heavy atom. The highest BCUT2D eigenvalue weighted by molar-refractivity contribution is 6.29. The molecule has 5 heteroatoms. The highest BCUT2D eigenvalue weighted by Gasteiger charge is 2.36. The van der Waals surface area contributed by atoms with E-state index in [2.05, 4.69) is 15.5 Å². The summed E-state index contributed by atoms with van der Waals surface area (Å²) in [6.07, 6.45) is 1.84. The van der Waals surface area contributed by atoms with Gasteiger partial charge in [0, 0.05) is 18.1 Å². The molecular formula is C20H15N3O2. The van der Waals surface area contributed by atoms with Gasteiger partial charge < -0.3 is 5.32 Å². The zero-order valence-electron chi connectivity index (χ0n) is 13.3. The third-order valence-corrected chi connectivity index (χ3v) is 4.30. The van der Waals surface area contributed by atoms with Crippen molar-refractivity contribution in [3.63, 3.8) is 0 Å². The van der Waals surface area contributed by atoms with Gasteiger partial charge >= 0.3 is 0 Å². The molecule has 2 heterocycles. The van der Waals surface area contributed by atoms with Gasteiger partial charge in [-0.15, -0.1) is 4.91 Å². The molecule has 0 saturated carbocycles. The van der Waals surface area contributed by atoms with Crippen molar-refractivity contribution in [3.8, 4) is 0 Å². The predicted octanol–water partition coefficient (Wildman–Crippen LogP) is 3.24. The van der Waals surface area contributed by atoms with Crippen molar-refractivity contribution in [1.82, 2.24) is 5.32 Å². The van der Waals surface area contributed by atoms with Gasteiger partial charge in [0.25, 0.3) is 0 Å². The van der Waals surface area contributed by atoms with Gasteiger partial charge in [0.15, 0.2) is 17.6 Å². The lowest BCUT2D eigenvalue weighted by molar-refractivity contribution is -0.115. The molecule has 0 spiro atoms. The summed E-state index contributed by atoms with van der Waals surface area (Å²) in [6.45, 7) is 0. The maximum atomic E-state index is 12.4. The van der Waals surface area contributed by atoms with E-state index < -0.39 is 6.04 Å². The SMILES string of the molecule is O=NC1=CC(=O)C2N=C(Cc3ccccc3)C(c3ccccc3)=C2N1. The van der Waals surface area contributed by atoms with Gasteiger partial charge in [0.05, 0.1) is 11.4 Å². The molecule has 0 aliphatic carbocycles. The van der Waals surface area contributed by atoms with Gasteiger partial charge in [-0.1, -0.05) is 60.7 Å². The van der Waals surface area contributed by atoms with E-state index in [1.54, 1.807) is 0 Å². The Kier molecular flexibility index (Phi) is 3.82. The molecule has 25 heavy (non-hydrogen) atoms. The molecule has 4 rings (SSSR count). The lowest BCUT2D eigenvalue weighted by atomic mass is 9.94. The summed E-state index contributed by atoms with van der Waals surface area (Å²) in [4.78, 5) is 27.9. The van der Waals surface area contributed by atoms with Crippen LogP contribution in [0.25, 0.3) is 5.57 Å². The molecular weight excluding hydrogens is 314 g/mol. The molecule has 0 fully saturated rings. The number of nitroso groups, excluding NO2 is 1. The fraction of sp³-hybridized carbons (Fsp3) is 0.100. The minimum atomic E-state index is -0.626. The Morgan fingerprint density at radius 1 is 1.00 bits per heavy atom. The Bertz CT molecular complexity index is 928. The minimum Gasteiger partial charge on any atom is -0.338 e. The number of carbonyl (C=O) groups excluding carboxylic acids is 1. The number of nitrogens with one attached hydrogen (secondary N) is 1. The molecule has 0 bridgehead atoms. The lowest BCUT2D eigenvalue weighted by Gasteiger charge is -2.18. The van der Waals surface area contributed by atoms with Crippen molar-refractivity contribution < 1.29 is 4.79 Å². The normalized spacial score (nSPS) is 19.0. The summed E-state index contributed by atoms with van der Waals surface area (Å²) in [7, 11) is 0. The van der Waals surface area contributed by atoms with Crippen LogP contribution in [0.1, 0.15) is 11.1 Å². The molecule has 2 aliphatic rings. The van der Waals surface area contributed by atoms with Gasteiger partial charge in [0.2, 0.25) is 0 Å². The van der Waals surface area contributed by atoms with Crippen LogP contribution < -0.4 is 5.32 Å². The third kappa shape index (κ3) is 2.80. The van der Waals surface area contributed by atoms with Crippen LogP contribution in [0.3, 0.4) is 0 Å². The average molecular weight is 329 g/mol. The number of allylic oxidation sites excluding steroid dienone is 1. The Labute approximate surface area is 144 Å². The molecule has 1 atom stereocenters. The monoisotopic (exact) mass is 329 g/mol. The fourth-order valence-corrected chi connectivity index (χ4v) is 3.20. The molecule has 0 aromatic heterocycles. The van der Waals surface area contributed by atoms with E-state index in [9.17, 15) is 9.70 Å². The summed E-state index contributed by atoms with van der Waals surface area (Å²) in [5, 5.41) is 5.88. The summed E-state index contributed by atoms with van der Waals surface area (Å²) >= 11 is 0. The number of benzene rings is 2. The van der Waals surface area contributed by atoms with Gasteiger partial charge in [-0.05, 0) is 16.3 Å². The van der Waals surface area contributed by atoms with Gasteiger partial charge in [-0.3, -0.25) is 9.79 Å². The summed E-state index contributed by atoms with van der Waals surface area (Å²) in [5.41, 5.74) is 4.42. The van der Waals surface area contributed by atoms with Crippen LogP contribution in [-0.4, -0.2) is 17.5 Å². The van der Waals surface area contributed by atoms with E-state index >= 15 is 0 Å². The van der Waals surface area contributed by atoms with E-state index in [4.69, 9.17) is 0 Å². The van der Waals surface area contributed by atoms with Crippen LogP contribution in [0.15, 0.2) is 88.4 Å². The average Bonchev–Trinajstić information content (AvgIpc) is 3.01. The van der Waals surface area contributed by atoms with Crippen LogP contribution in [0.2, 0.25) is 0 Å². The van der Waals surface area contributed by atoms with E-state index in [1.807, 2.05) is 60.7 Å². The zero-order chi connectivity index (χ0) is 17.2. The number of hydrogen-bond acceptors (Lipinski definition) is 5. The number of aliphatic imine (C=N–C) groups is 1. The lowest BCUT2D eigenvalue weighted by Crippen LogP contribution is -2.32. The van der Waals surface area contributed by atoms with Crippen LogP contribution in [0.5, 0.6) is 0 Å². The molecule has 1 unspecified atom stereocenters. The predicted molar refractivity (Wildman–Crippen MR) is 96.8 cm³/mol. The first-order chi connectivity index (χ1) is 12.3. The quantitative estimate of drug-likeness (QED) is 0.875. The Balaban J connectivity index is 1.81. The number of fused-ring (bicyclic) bond motifs is 1. The first-order valence-electron chi connectivity index (χ1n) is 8.03. The van der Waals surface area contributed by atoms with Crippen molar-refractivity contribution in [2.45, 2.75) is 12.5 Å². The van der Waals surface area contributed by atoms with Crippen molar-refractivity contribution in [1.29, 1.82) is 0 Å². The van der Waals surface area contributed by atoms with Crippen molar-refractivity contribution >= 4 is 17.1 Å². The number of ketones is 1. The van der Waals surface area contributed by atoms with E-state index in [0.717, 1.165) is 22.4 Å². The summed E-state index contributed by atoms with van der Waals surface area (Å²) in [6, 6.07) is 19.1. The van der Waals surface area contributed by atoms with Gasteiger partial charge in [-0.2, -0.15) is 0 Å². The maximum Gasteiger partial charge on any atom is 0.189 e. The number of rotatable bonds is 4. The largest absolute Gasteiger partial charge is 0.338 e. The molecule has 2 aromatic carbocycles. The molecule has 0 saturated heterocycles. The minimum absolute atomic E-state index is 0.0286. The highest BCUT2D eigenvalue weighted by atomic mass is 16.3. The van der Waals surface area contributed by atoms with Crippen LogP contribution >= 0.6 is 0 Å². The molecule has 5 nitrogen and oxygen atoms in total. The Morgan fingerprint density at radius 2 is 1.68 bits per heavy atom. The second kappa shape index (κ2) is 6.28.